The van der Waals surface area contributed by atoms with Gasteiger partial charge in [-0.2, -0.15) is 5.09 Å². The van der Waals surface area contributed by atoms with Gasteiger partial charge in [0.2, 0.25) is 5.91 Å². The third-order valence-corrected chi connectivity index (χ3v) is 8.28. The van der Waals surface area contributed by atoms with E-state index in [9.17, 15) is 14.5 Å². The number of nitrogens with two attached hydrogens (primary N) is 2. The van der Waals surface area contributed by atoms with E-state index in [2.05, 4.69) is 10.1 Å². The molecule has 13 heteroatoms. The Bertz CT molecular complexity index is 1550. The van der Waals surface area contributed by atoms with Gasteiger partial charge in [-0.25, -0.2) is 14.5 Å². The zero-order valence-electron chi connectivity index (χ0n) is 23.4. The Kier molecular flexibility index (Phi) is 9.62. The number of nitrogens with one attached hydrogen (secondary N) is 1. The molecule has 2 aromatic carbocycles. The highest BCUT2D eigenvalue weighted by molar-refractivity contribution is 7.52. The van der Waals surface area contributed by atoms with Crippen molar-refractivity contribution < 1.29 is 28.3 Å². The first-order valence-electron chi connectivity index (χ1n) is 13.5. The van der Waals surface area contributed by atoms with Crippen LogP contribution in [-0.4, -0.2) is 44.8 Å². The van der Waals surface area contributed by atoms with Gasteiger partial charge < -0.3 is 25.8 Å². The lowest BCUT2D eigenvalue weighted by molar-refractivity contribution is -0.119. The van der Waals surface area contributed by atoms with Crippen molar-refractivity contribution in [3.63, 3.8) is 0 Å². The first-order valence-corrected chi connectivity index (χ1v) is 15.1. The third-order valence-electron chi connectivity index (χ3n) is 6.60. The Morgan fingerprint density at radius 2 is 1.83 bits per heavy atom. The van der Waals surface area contributed by atoms with Crippen LogP contribution < -0.4 is 21.1 Å². The van der Waals surface area contributed by atoms with Crippen LogP contribution in [0.4, 0.5) is 5.82 Å². The van der Waals surface area contributed by atoms with E-state index in [0.717, 1.165) is 5.39 Å². The normalized spacial score (nSPS) is 15.4. The smallest absolute Gasteiger partial charge is 0.413 e. The van der Waals surface area contributed by atoms with Crippen molar-refractivity contribution in [2.45, 2.75) is 58.4 Å². The molecule has 0 bridgehead atoms. The summed E-state index contributed by atoms with van der Waals surface area (Å²) in [5, 5.41) is 15.6. The summed E-state index contributed by atoms with van der Waals surface area (Å²) in [5.74, 6) is 0.247. The molecule has 41 heavy (non-hydrogen) atoms. The summed E-state index contributed by atoms with van der Waals surface area (Å²) < 4.78 is 32.7. The fourth-order valence-electron chi connectivity index (χ4n) is 4.68. The molecule has 3 atom stereocenters. The van der Waals surface area contributed by atoms with Crippen molar-refractivity contribution in [3.8, 4) is 5.75 Å². The number of primary amides is 1. The predicted molar refractivity (Wildman–Crippen MR) is 157 cm³/mol. The average Bonchev–Trinajstić information content (AvgIpc) is 3.34. The molecule has 4 aromatic rings. The van der Waals surface area contributed by atoms with E-state index in [-0.39, 0.29) is 31.2 Å². The van der Waals surface area contributed by atoms with Gasteiger partial charge >= 0.3 is 7.75 Å². The van der Waals surface area contributed by atoms with Gasteiger partial charge in [0.15, 0.2) is 5.82 Å². The van der Waals surface area contributed by atoms with E-state index in [0.29, 0.717) is 41.8 Å². The second-order valence-corrected chi connectivity index (χ2v) is 11.4. The lowest BCUT2D eigenvalue weighted by Gasteiger charge is -2.32. The number of nitrogens with zero attached hydrogens (tertiary/aromatic N) is 3. The van der Waals surface area contributed by atoms with E-state index >= 15 is 0 Å². The molecule has 12 nitrogen and oxygen atoms in total. The maximum atomic E-state index is 13.8. The number of aliphatic hydroxyl groups is 1. The van der Waals surface area contributed by atoms with E-state index in [1.165, 1.54) is 6.92 Å². The molecule has 0 aliphatic heterocycles. The molecular formula is C28H37N6O6P. The Hall–Kier alpha value is -3.54. The Morgan fingerprint density at radius 3 is 2.51 bits per heavy atom. The maximum Gasteiger partial charge on any atom is 0.459 e. The number of aromatic nitrogens is 3. The fourth-order valence-corrected chi connectivity index (χ4v) is 6.19. The zero-order chi connectivity index (χ0) is 29.6. The summed E-state index contributed by atoms with van der Waals surface area (Å²) >= 11 is 0. The molecule has 2 aromatic heterocycles. The Morgan fingerprint density at radius 1 is 1.12 bits per heavy atom. The number of ether oxygens (including phenoxy) is 1. The number of rotatable bonds is 15. The Labute approximate surface area is 238 Å². The van der Waals surface area contributed by atoms with E-state index in [1.807, 2.05) is 38.1 Å². The second-order valence-electron chi connectivity index (χ2n) is 9.68. The number of anilines is 1. The largest absolute Gasteiger partial charge is 0.459 e. The first kappa shape index (κ1) is 30.4. The highest BCUT2D eigenvalue weighted by Crippen LogP contribution is 2.46. The fraction of sp³-hybridized carbons (Fsp3) is 0.393. The number of benzene rings is 2. The SMILES string of the molecule is CCCC(O)(CCO[P@](=O)(N[C@@H](C)C(N)=O)Oc1ccccc1)n1c(COCC)nc2c(N)nc3ccccc3c21. The predicted octanol–water partition coefficient (Wildman–Crippen LogP) is 4.21. The second kappa shape index (κ2) is 13.0. The average molecular weight is 585 g/mol. The van der Waals surface area contributed by atoms with Crippen molar-refractivity contribution in [2.75, 3.05) is 18.9 Å². The summed E-state index contributed by atoms with van der Waals surface area (Å²) in [4.78, 5) is 21.0. The minimum Gasteiger partial charge on any atom is -0.413 e. The molecule has 0 saturated carbocycles. The van der Waals surface area contributed by atoms with Gasteiger partial charge in [0.05, 0.1) is 23.7 Å². The number of hydrogen-bond donors (Lipinski definition) is 4. The number of fused-ring (bicyclic) bond motifs is 3. The molecule has 6 N–H and O–H groups in total. The van der Waals surface area contributed by atoms with Gasteiger partial charge in [0, 0.05) is 18.4 Å². The molecule has 0 aliphatic carbocycles. The molecule has 1 unspecified atom stereocenters. The van der Waals surface area contributed by atoms with Crippen molar-refractivity contribution >= 4 is 41.4 Å². The summed E-state index contributed by atoms with van der Waals surface area (Å²) in [6, 6.07) is 14.9. The van der Waals surface area contributed by atoms with Crippen LogP contribution >= 0.6 is 7.75 Å². The molecule has 0 saturated heterocycles. The van der Waals surface area contributed by atoms with E-state index in [4.69, 9.17) is 30.2 Å². The van der Waals surface area contributed by atoms with Crippen LogP contribution in [0.3, 0.4) is 0 Å². The third kappa shape index (κ3) is 6.86. The number of imidazole rings is 1. The first-order chi connectivity index (χ1) is 19.6. The van der Waals surface area contributed by atoms with E-state index in [1.54, 1.807) is 34.9 Å². The van der Waals surface area contributed by atoms with Gasteiger partial charge in [0.1, 0.15) is 29.4 Å². The number of para-hydroxylation sites is 2. The van der Waals surface area contributed by atoms with Crippen LogP contribution in [0.2, 0.25) is 0 Å². The number of hydrogen-bond acceptors (Lipinski definition) is 9. The van der Waals surface area contributed by atoms with Gasteiger partial charge in [0.25, 0.3) is 0 Å². The lowest BCUT2D eigenvalue weighted by atomic mass is 10.0. The van der Waals surface area contributed by atoms with Gasteiger partial charge in [-0.1, -0.05) is 49.7 Å². The maximum absolute atomic E-state index is 13.8. The van der Waals surface area contributed by atoms with Crippen LogP contribution in [0.5, 0.6) is 5.75 Å². The monoisotopic (exact) mass is 584 g/mol. The molecule has 0 radical (unpaired) electrons. The van der Waals surface area contributed by atoms with Crippen molar-refractivity contribution in [3.05, 3.63) is 60.4 Å². The number of amides is 1. The van der Waals surface area contributed by atoms with Crippen molar-refractivity contribution in [2.24, 2.45) is 5.73 Å². The summed E-state index contributed by atoms with van der Waals surface area (Å²) in [5.41, 5.74) is 11.9. The lowest BCUT2D eigenvalue weighted by Crippen LogP contribution is -2.39. The van der Waals surface area contributed by atoms with Crippen LogP contribution in [0.25, 0.3) is 21.9 Å². The van der Waals surface area contributed by atoms with Gasteiger partial charge in [-0.05, 0) is 38.5 Å². The molecule has 0 spiro atoms. The Balaban J connectivity index is 1.73. The molecule has 0 aliphatic rings. The van der Waals surface area contributed by atoms with Crippen LogP contribution in [-0.2, 0) is 31.0 Å². The summed E-state index contributed by atoms with van der Waals surface area (Å²) in [6.07, 6.45) is 0.918. The van der Waals surface area contributed by atoms with Crippen molar-refractivity contribution in [1.82, 2.24) is 19.6 Å². The van der Waals surface area contributed by atoms with Crippen LogP contribution in [0, 0.1) is 0 Å². The van der Waals surface area contributed by atoms with Gasteiger partial charge in [-0.15, -0.1) is 0 Å². The zero-order valence-corrected chi connectivity index (χ0v) is 24.3. The quantitative estimate of drug-likeness (QED) is 0.148. The minimum absolute atomic E-state index is 0.00322. The number of pyridine rings is 1. The highest BCUT2D eigenvalue weighted by Gasteiger charge is 2.37. The number of carbonyl (C=O) groups excluding carboxylic acids is 1. The highest BCUT2D eigenvalue weighted by atomic mass is 31.2. The van der Waals surface area contributed by atoms with Crippen LogP contribution in [0.15, 0.2) is 54.6 Å². The van der Waals surface area contributed by atoms with E-state index < -0.39 is 25.4 Å². The van der Waals surface area contributed by atoms with Gasteiger partial charge in [-0.3, -0.25) is 13.9 Å². The standard InChI is InChI=1S/C28H37N6O6P/c1-4-15-28(36,16-17-39-41(37,33-19(3)27(30)35)40-20-11-7-6-8-12-20)34-23(18-38-5-2)32-24-25(34)21-13-9-10-14-22(21)31-26(24)29/h6-14,19,36H,4-5,15-18H2,1-3H3,(H2,29,31)(H2,30,35)(H,33,37)/t19-,28?,41+/m0/s1. The molecule has 2 heterocycles. The molecule has 220 valence electrons. The van der Waals surface area contributed by atoms with Crippen LogP contribution in [0.1, 0.15) is 45.9 Å². The minimum atomic E-state index is -4.10. The molecule has 1 amide bonds. The number of carbonyl (C=O) groups is 1. The summed E-state index contributed by atoms with van der Waals surface area (Å²) in [6.45, 7) is 5.64. The van der Waals surface area contributed by atoms with Crippen molar-refractivity contribution in [1.29, 1.82) is 0 Å². The topological polar surface area (TPSA) is 177 Å². The molecule has 4 rings (SSSR count). The number of nitrogen functional groups attached to an aromatic ring is 1. The molecule has 0 fully saturated rings. The summed E-state index contributed by atoms with van der Waals surface area (Å²) in [7, 11) is -4.10. The molecular weight excluding hydrogens is 547 g/mol.